The molecule has 0 spiro atoms. The maximum Gasteiger partial charge on any atom is 0.251 e. The van der Waals surface area contributed by atoms with E-state index in [-0.39, 0.29) is 42.1 Å². The summed E-state index contributed by atoms with van der Waals surface area (Å²) in [5.41, 5.74) is 2.33. The SMILES string of the molecule is Cl.Cl.O=c1ccc2ccc(F)c3c2n1CC3CN1CCC(NCc2cc3c(nn2)SCCO3)CC1. The van der Waals surface area contributed by atoms with Gasteiger partial charge in [0.1, 0.15) is 5.82 Å². The normalized spacial score (nSPS) is 19.5. The van der Waals surface area contributed by atoms with Gasteiger partial charge in [-0.3, -0.25) is 4.79 Å². The van der Waals surface area contributed by atoms with E-state index in [0.717, 1.165) is 65.6 Å². The van der Waals surface area contributed by atoms with Gasteiger partial charge in [-0.05, 0) is 49.5 Å². The van der Waals surface area contributed by atoms with E-state index in [4.69, 9.17) is 4.74 Å². The van der Waals surface area contributed by atoms with E-state index < -0.39 is 0 Å². The molecule has 0 bridgehead atoms. The highest BCUT2D eigenvalue weighted by molar-refractivity contribution is 7.99. The first-order chi connectivity index (χ1) is 16.2. The van der Waals surface area contributed by atoms with Crippen LogP contribution in [0.15, 0.2) is 40.2 Å². The van der Waals surface area contributed by atoms with Crippen LogP contribution >= 0.6 is 36.6 Å². The van der Waals surface area contributed by atoms with Gasteiger partial charge in [0.25, 0.3) is 5.56 Å². The summed E-state index contributed by atoms with van der Waals surface area (Å²) in [5.74, 6) is 1.57. The average molecular weight is 540 g/mol. The predicted molar refractivity (Wildman–Crippen MR) is 140 cm³/mol. The lowest BCUT2D eigenvalue weighted by atomic mass is 9.97. The van der Waals surface area contributed by atoms with Gasteiger partial charge in [-0.25, -0.2) is 4.39 Å². The highest BCUT2D eigenvalue weighted by Gasteiger charge is 2.31. The maximum atomic E-state index is 14.8. The largest absolute Gasteiger partial charge is 0.490 e. The number of hydrogen-bond acceptors (Lipinski definition) is 7. The molecule has 7 nitrogen and oxygen atoms in total. The van der Waals surface area contributed by atoms with E-state index in [1.165, 1.54) is 6.07 Å². The minimum atomic E-state index is -0.200. The third-order valence-corrected chi connectivity index (χ3v) is 7.87. The van der Waals surface area contributed by atoms with Crippen LogP contribution in [-0.2, 0) is 13.1 Å². The van der Waals surface area contributed by atoms with E-state index in [2.05, 4.69) is 20.4 Å². The van der Waals surface area contributed by atoms with Crippen molar-refractivity contribution >= 4 is 47.5 Å². The Morgan fingerprint density at radius 3 is 2.77 bits per heavy atom. The number of fused-ring (bicyclic) bond motifs is 1. The molecule has 1 fully saturated rings. The Bertz CT molecular complexity index is 1270. The second kappa shape index (κ2) is 11.0. The number of ether oxygens (including phenoxy) is 1. The Morgan fingerprint density at radius 1 is 1.14 bits per heavy atom. The number of hydrogen-bond donors (Lipinski definition) is 1. The second-order valence-electron chi connectivity index (χ2n) is 9.04. The summed E-state index contributed by atoms with van der Waals surface area (Å²) in [5, 5.41) is 14.0. The van der Waals surface area contributed by atoms with Gasteiger partial charge in [0.05, 0.1) is 17.8 Å². The van der Waals surface area contributed by atoms with Crippen molar-refractivity contribution in [1.82, 2.24) is 25.0 Å². The Hall–Kier alpha value is -1.91. The van der Waals surface area contributed by atoms with Gasteiger partial charge < -0.3 is 19.5 Å². The van der Waals surface area contributed by atoms with E-state index in [1.54, 1.807) is 34.5 Å². The van der Waals surface area contributed by atoms with Crippen molar-refractivity contribution in [3.63, 3.8) is 0 Å². The molecule has 0 radical (unpaired) electrons. The molecule has 5 heterocycles. The predicted octanol–water partition coefficient (Wildman–Crippen LogP) is 3.61. The second-order valence-corrected chi connectivity index (χ2v) is 10.1. The zero-order valence-electron chi connectivity index (χ0n) is 19.1. The molecule has 1 saturated heterocycles. The number of aromatic nitrogens is 3. The Morgan fingerprint density at radius 2 is 1.94 bits per heavy atom. The molecule has 6 rings (SSSR count). The summed E-state index contributed by atoms with van der Waals surface area (Å²) in [6.07, 6.45) is 2.05. The first-order valence-corrected chi connectivity index (χ1v) is 12.5. The van der Waals surface area contributed by atoms with E-state index >= 15 is 0 Å². The highest BCUT2D eigenvalue weighted by Crippen LogP contribution is 2.35. The van der Waals surface area contributed by atoms with Gasteiger partial charge in [0.2, 0.25) is 0 Å². The van der Waals surface area contributed by atoms with E-state index in [9.17, 15) is 9.18 Å². The highest BCUT2D eigenvalue weighted by atomic mass is 35.5. The first kappa shape index (κ1) is 26.2. The summed E-state index contributed by atoms with van der Waals surface area (Å²) >= 11 is 1.69. The average Bonchev–Trinajstić information content (AvgIpc) is 3.23. The van der Waals surface area contributed by atoms with Crippen LogP contribution in [-0.4, -0.2) is 57.7 Å². The smallest absolute Gasteiger partial charge is 0.251 e. The molecule has 1 N–H and O–H groups in total. The molecule has 0 amide bonds. The van der Waals surface area contributed by atoms with Crippen molar-refractivity contribution in [2.75, 3.05) is 32.0 Å². The molecular weight excluding hydrogens is 512 g/mol. The molecule has 3 aliphatic heterocycles. The van der Waals surface area contributed by atoms with Gasteiger partial charge >= 0.3 is 0 Å². The van der Waals surface area contributed by atoms with Crippen molar-refractivity contribution < 1.29 is 9.13 Å². The summed E-state index contributed by atoms with van der Waals surface area (Å²) in [7, 11) is 0. The van der Waals surface area contributed by atoms with Crippen molar-refractivity contribution in [3.8, 4) is 5.75 Å². The van der Waals surface area contributed by atoms with Gasteiger partial charge in [0, 0.05) is 55.0 Å². The van der Waals surface area contributed by atoms with Crippen LogP contribution in [0, 0.1) is 5.82 Å². The Kier molecular flexibility index (Phi) is 8.23. The van der Waals surface area contributed by atoms with Crippen molar-refractivity contribution in [3.05, 3.63) is 57.8 Å². The molecular formula is C24H28Cl2FN5O2S. The number of nitrogens with one attached hydrogen (secondary N) is 1. The number of thioether (sulfide) groups is 1. The number of piperidine rings is 1. The zero-order chi connectivity index (χ0) is 22.4. The molecule has 0 saturated carbocycles. The third-order valence-electron chi connectivity index (χ3n) is 6.94. The minimum absolute atomic E-state index is 0. The van der Waals surface area contributed by atoms with Gasteiger partial charge in [-0.15, -0.1) is 29.9 Å². The van der Waals surface area contributed by atoms with E-state index in [0.29, 0.717) is 31.3 Å². The van der Waals surface area contributed by atoms with Crippen LogP contribution < -0.4 is 15.6 Å². The quantitative estimate of drug-likeness (QED) is 0.530. The topological polar surface area (TPSA) is 72.3 Å². The van der Waals surface area contributed by atoms with Crippen LogP contribution in [0.3, 0.4) is 0 Å². The van der Waals surface area contributed by atoms with Crippen LogP contribution in [0.4, 0.5) is 4.39 Å². The standard InChI is InChI=1S/C24H26FN5O2S.2ClH/c25-19-3-1-15-2-4-21(31)30-14-16(22(19)23(15)30)13-29-7-5-17(6-8-29)26-12-18-11-20-24(28-27-18)33-10-9-32-20;;/h1-4,11,16-17,26H,5-10,12-14H2;2*1H. The lowest BCUT2D eigenvalue weighted by molar-refractivity contribution is 0.184. The fourth-order valence-corrected chi connectivity index (χ4v) is 6.01. The fourth-order valence-electron chi connectivity index (χ4n) is 5.29. The van der Waals surface area contributed by atoms with Crippen molar-refractivity contribution in [1.29, 1.82) is 0 Å². The van der Waals surface area contributed by atoms with Gasteiger partial charge in [0.15, 0.2) is 10.8 Å². The molecule has 1 aromatic carbocycles. The molecule has 11 heteroatoms. The van der Waals surface area contributed by atoms with Crippen LogP contribution in [0.25, 0.3) is 10.9 Å². The molecule has 2 aromatic heterocycles. The maximum absolute atomic E-state index is 14.8. The van der Waals surface area contributed by atoms with Crippen molar-refractivity contribution in [2.45, 2.75) is 42.9 Å². The molecule has 1 unspecified atom stereocenters. The number of likely N-dealkylation sites (tertiary alicyclic amines) is 1. The first-order valence-electron chi connectivity index (χ1n) is 11.6. The minimum Gasteiger partial charge on any atom is -0.490 e. The van der Waals surface area contributed by atoms with Crippen molar-refractivity contribution in [2.24, 2.45) is 0 Å². The van der Waals surface area contributed by atoms with Crippen LogP contribution in [0.5, 0.6) is 5.75 Å². The van der Waals surface area contributed by atoms with Crippen LogP contribution in [0.2, 0.25) is 0 Å². The number of halogens is 3. The number of nitrogens with zero attached hydrogens (tertiary/aromatic N) is 4. The lowest BCUT2D eigenvalue weighted by Crippen LogP contribution is -2.43. The monoisotopic (exact) mass is 539 g/mol. The molecule has 3 aliphatic rings. The Labute approximate surface area is 219 Å². The number of pyridine rings is 1. The molecule has 188 valence electrons. The molecule has 35 heavy (non-hydrogen) atoms. The summed E-state index contributed by atoms with van der Waals surface area (Å²) in [6.45, 7) is 4.62. The van der Waals surface area contributed by atoms with Gasteiger partial charge in [-0.2, -0.15) is 5.10 Å². The molecule has 0 aliphatic carbocycles. The Balaban J connectivity index is 0.00000144. The van der Waals surface area contributed by atoms with Crippen LogP contribution in [0.1, 0.15) is 30.0 Å². The number of benzene rings is 1. The summed E-state index contributed by atoms with van der Waals surface area (Å²) < 4.78 is 22.2. The summed E-state index contributed by atoms with van der Waals surface area (Å²) in [4.78, 5) is 14.8. The third kappa shape index (κ3) is 5.15. The number of rotatable bonds is 5. The summed E-state index contributed by atoms with van der Waals surface area (Å²) in [6, 6.07) is 9.09. The zero-order valence-corrected chi connectivity index (χ0v) is 21.6. The fraction of sp³-hybridized carbons (Fsp3) is 0.458. The molecule has 1 atom stereocenters. The lowest BCUT2D eigenvalue weighted by Gasteiger charge is -2.34. The molecule has 3 aromatic rings. The van der Waals surface area contributed by atoms with Gasteiger partial charge in [-0.1, -0.05) is 11.8 Å². The van der Waals surface area contributed by atoms with E-state index in [1.807, 2.05) is 6.07 Å².